The second kappa shape index (κ2) is 12.4. The molecule has 8 heteroatoms. The van der Waals surface area contributed by atoms with E-state index in [2.05, 4.69) is 15.5 Å². The molecule has 1 N–H and O–H groups in total. The van der Waals surface area contributed by atoms with Crippen LogP contribution in [0, 0.1) is 0 Å². The van der Waals surface area contributed by atoms with Gasteiger partial charge in [0.1, 0.15) is 11.6 Å². The molecular formula is C26H30N4O3S. The first-order chi connectivity index (χ1) is 16.7. The van der Waals surface area contributed by atoms with E-state index in [1.54, 1.807) is 0 Å². The lowest BCUT2D eigenvalue weighted by Crippen LogP contribution is -2.44. The minimum Gasteiger partial charge on any atom is -0.367 e. The summed E-state index contributed by atoms with van der Waals surface area (Å²) in [7, 11) is 0. The number of carbonyl (C=O) groups excluding carboxylic acids is 2. The molecule has 2 aromatic carbocycles. The van der Waals surface area contributed by atoms with Gasteiger partial charge in [-0.3, -0.25) is 9.59 Å². The first-order valence-corrected chi connectivity index (χ1v) is 12.6. The van der Waals surface area contributed by atoms with Gasteiger partial charge in [0.05, 0.1) is 6.61 Å². The maximum absolute atomic E-state index is 13.0. The van der Waals surface area contributed by atoms with E-state index < -0.39 is 0 Å². The predicted octanol–water partition coefficient (Wildman–Crippen LogP) is 4.91. The molecule has 1 saturated carbocycles. The number of amides is 2. The van der Waals surface area contributed by atoms with Crippen molar-refractivity contribution in [1.82, 2.24) is 15.1 Å². The quantitative estimate of drug-likeness (QED) is 0.447. The topological polar surface area (TPSA) is 84.4 Å². The van der Waals surface area contributed by atoms with Crippen LogP contribution in [-0.4, -0.2) is 46.1 Å². The van der Waals surface area contributed by atoms with Gasteiger partial charge in [-0.05, 0) is 18.4 Å². The number of nitrogens with zero attached hydrogens (tertiary/aromatic N) is 3. The van der Waals surface area contributed by atoms with Gasteiger partial charge in [-0.2, -0.15) is 0 Å². The normalized spacial score (nSPS) is 14.0. The minimum absolute atomic E-state index is 0.0177. The monoisotopic (exact) mass is 478 g/mol. The molecule has 4 rings (SSSR count). The SMILES string of the molecule is O=C(CCN(C(=O)COCc1ccccc1)C1CCCCC1)Nc1nnc(-c2ccccc2)s1. The first kappa shape index (κ1) is 24.0. The van der Waals surface area contributed by atoms with Gasteiger partial charge >= 0.3 is 0 Å². The smallest absolute Gasteiger partial charge is 0.248 e. The Balaban J connectivity index is 1.30. The van der Waals surface area contributed by atoms with Crippen LogP contribution >= 0.6 is 11.3 Å². The largest absolute Gasteiger partial charge is 0.367 e. The molecule has 2 amide bonds. The van der Waals surface area contributed by atoms with Crippen molar-refractivity contribution in [3.05, 3.63) is 66.2 Å². The zero-order valence-electron chi connectivity index (χ0n) is 19.2. The van der Waals surface area contributed by atoms with Crippen LogP contribution in [0.15, 0.2) is 60.7 Å². The van der Waals surface area contributed by atoms with Gasteiger partial charge in [-0.15, -0.1) is 10.2 Å². The molecule has 1 aromatic heterocycles. The summed E-state index contributed by atoms with van der Waals surface area (Å²) in [6.07, 6.45) is 5.58. The van der Waals surface area contributed by atoms with Crippen molar-refractivity contribution in [3.8, 4) is 10.6 Å². The van der Waals surface area contributed by atoms with Gasteiger partial charge in [0, 0.05) is 24.6 Å². The van der Waals surface area contributed by atoms with Crippen molar-refractivity contribution in [3.63, 3.8) is 0 Å². The Morgan fingerprint density at radius 3 is 2.41 bits per heavy atom. The zero-order chi connectivity index (χ0) is 23.6. The lowest BCUT2D eigenvalue weighted by Gasteiger charge is -2.34. The molecule has 1 fully saturated rings. The summed E-state index contributed by atoms with van der Waals surface area (Å²) in [5.74, 6) is -0.229. The number of nitrogens with one attached hydrogen (secondary N) is 1. The second-order valence-electron chi connectivity index (χ2n) is 8.43. The highest BCUT2D eigenvalue weighted by Crippen LogP contribution is 2.26. The number of aromatic nitrogens is 2. The Morgan fingerprint density at radius 2 is 1.68 bits per heavy atom. The van der Waals surface area contributed by atoms with Crippen LogP contribution in [0.5, 0.6) is 0 Å². The predicted molar refractivity (Wildman–Crippen MR) is 133 cm³/mol. The average Bonchev–Trinajstić information content (AvgIpc) is 3.34. The van der Waals surface area contributed by atoms with Crippen LogP contribution in [0.2, 0.25) is 0 Å². The summed E-state index contributed by atoms with van der Waals surface area (Å²) in [6, 6.07) is 19.7. The van der Waals surface area contributed by atoms with Crippen LogP contribution in [0.4, 0.5) is 5.13 Å². The van der Waals surface area contributed by atoms with E-state index in [4.69, 9.17) is 4.74 Å². The molecule has 1 heterocycles. The number of anilines is 1. The summed E-state index contributed by atoms with van der Waals surface area (Å²) in [5, 5.41) is 12.3. The van der Waals surface area contributed by atoms with Crippen molar-refractivity contribution < 1.29 is 14.3 Å². The molecule has 1 aliphatic rings. The molecule has 0 unspecified atom stereocenters. The Bertz CT molecular complexity index is 1050. The number of carbonyl (C=O) groups is 2. The van der Waals surface area contributed by atoms with Gasteiger partial charge in [-0.1, -0.05) is 91.3 Å². The molecule has 0 bridgehead atoms. The summed E-state index contributed by atoms with van der Waals surface area (Å²) in [4.78, 5) is 27.5. The highest BCUT2D eigenvalue weighted by atomic mass is 32.1. The third-order valence-electron chi connectivity index (χ3n) is 5.94. The Labute approximate surface area is 204 Å². The maximum Gasteiger partial charge on any atom is 0.248 e. The summed E-state index contributed by atoms with van der Waals surface area (Å²) < 4.78 is 5.69. The van der Waals surface area contributed by atoms with Gasteiger partial charge in [0.2, 0.25) is 16.9 Å². The van der Waals surface area contributed by atoms with Crippen LogP contribution in [-0.2, 0) is 20.9 Å². The Kier molecular flexibility index (Phi) is 8.76. The Morgan fingerprint density at radius 1 is 0.971 bits per heavy atom. The summed E-state index contributed by atoms with van der Waals surface area (Å²) in [6.45, 7) is 0.782. The number of benzene rings is 2. The van der Waals surface area contributed by atoms with Crippen LogP contribution in [0.1, 0.15) is 44.1 Å². The van der Waals surface area contributed by atoms with Crippen molar-refractivity contribution >= 4 is 28.3 Å². The van der Waals surface area contributed by atoms with E-state index in [-0.39, 0.29) is 30.9 Å². The Hall–Kier alpha value is -3.10. The number of hydrogen-bond donors (Lipinski definition) is 1. The molecule has 0 atom stereocenters. The lowest BCUT2D eigenvalue weighted by molar-refractivity contribution is -0.140. The fourth-order valence-electron chi connectivity index (χ4n) is 4.19. The molecule has 0 saturated heterocycles. The number of ether oxygens (including phenoxy) is 1. The zero-order valence-corrected chi connectivity index (χ0v) is 20.0. The second-order valence-corrected chi connectivity index (χ2v) is 9.41. The van der Waals surface area contributed by atoms with Crippen molar-refractivity contribution in [1.29, 1.82) is 0 Å². The van der Waals surface area contributed by atoms with Crippen molar-refractivity contribution in [2.45, 2.75) is 51.2 Å². The van der Waals surface area contributed by atoms with Gasteiger partial charge in [-0.25, -0.2) is 0 Å². The van der Waals surface area contributed by atoms with Gasteiger partial charge < -0.3 is 15.0 Å². The molecule has 178 valence electrons. The molecule has 7 nitrogen and oxygen atoms in total. The number of rotatable bonds is 10. The van der Waals surface area contributed by atoms with E-state index in [0.29, 0.717) is 18.3 Å². The summed E-state index contributed by atoms with van der Waals surface area (Å²) in [5.41, 5.74) is 2.00. The number of hydrogen-bond acceptors (Lipinski definition) is 6. The minimum atomic E-state index is -0.172. The van der Waals surface area contributed by atoms with Gasteiger partial charge in [0.25, 0.3) is 0 Å². The van der Waals surface area contributed by atoms with E-state index in [1.165, 1.54) is 17.8 Å². The standard InChI is InChI=1S/C26H30N4O3S/c31-23(27-26-29-28-25(34-26)21-12-6-2-7-13-21)16-17-30(22-14-8-3-9-15-22)24(32)19-33-18-20-10-4-1-5-11-20/h1-2,4-7,10-13,22H,3,8-9,14-19H2,(H,27,29,31). The molecule has 34 heavy (non-hydrogen) atoms. The third kappa shape index (κ3) is 6.95. The van der Waals surface area contributed by atoms with E-state index >= 15 is 0 Å². The van der Waals surface area contributed by atoms with E-state index in [1.807, 2.05) is 65.6 Å². The van der Waals surface area contributed by atoms with Crippen molar-refractivity contribution in [2.75, 3.05) is 18.5 Å². The summed E-state index contributed by atoms with van der Waals surface area (Å²) >= 11 is 1.34. The maximum atomic E-state index is 13.0. The highest BCUT2D eigenvalue weighted by Gasteiger charge is 2.26. The molecule has 3 aromatic rings. The molecule has 0 spiro atoms. The molecule has 1 aliphatic carbocycles. The highest BCUT2D eigenvalue weighted by molar-refractivity contribution is 7.18. The van der Waals surface area contributed by atoms with Crippen molar-refractivity contribution in [2.24, 2.45) is 0 Å². The van der Waals surface area contributed by atoms with Gasteiger partial charge in [0.15, 0.2) is 0 Å². The molecule has 0 radical (unpaired) electrons. The fraction of sp³-hybridized carbons (Fsp3) is 0.385. The molecular weight excluding hydrogens is 448 g/mol. The average molecular weight is 479 g/mol. The first-order valence-electron chi connectivity index (χ1n) is 11.8. The van der Waals surface area contributed by atoms with E-state index in [9.17, 15) is 9.59 Å². The lowest BCUT2D eigenvalue weighted by atomic mass is 9.94. The van der Waals surface area contributed by atoms with Crippen LogP contribution in [0.3, 0.4) is 0 Å². The fourth-order valence-corrected chi connectivity index (χ4v) is 4.96. The van der Waals surface area contributed by atoms with Crippen LogP contribution in [0.25, 0.3) is 10.6 Å². The third-order valence-corrected chi connectivity index (χ3v) is 6.83. The molecule has 0 aliphatic heterocycles. The van der Waals surface area contributed by atoms with Crippen LogP contribution < -0.4 is 5.32 Å². The van der Waals surface area contributed by atoms with E-state index in [0.717, 1.165) is 41.8 Å².